The van der Waals surface area contributed by atoms with E-state index in [1.54, 1.807) is 17.9 Å². The first kappa shape index (κ1) is 29.0. The second kappa shape index (κ2) is 10.7. The zero-order chi connectivity index (χ0) is 26.4. The molecule has 2 fully saturated rings. The van der Waals surface area contributed by atoms with E-state index in [-0.39, 0.29) is 36.5 Å². The predicted molar refractivity (Wildman–Crippen MR) is 126 cm³/mol. The van der Waals surface area contributed by atoms with Gasteiger partial charge in [-0.3, -0.25) is 0 Å². The second-order valence-corrected chi connectivity index (χ2v) is 9.43. The number of rotatable bonds is 4. The van der Waals surface area contributed by atoms with Gasteiger partial charge in [0.05, 0.1) is 23.2 Å². The molecule has 1 saturated carbocycles. The zero-order valence-electron chi connectivity index (χ0n) is 20.1. The highest BCUT2D eigenvalue weighted by molar-refractivity contribution is 5.85. The third-order valence-electron chi connectivity index (χ3n) is 6.82. The molecule has 2 amide bonds. The second-order valence-electron chi connectivity index (χ2n) is 9.43. The molecule has 1 aliphatic carbocycles. The Hall–Kier alpha value is -2.53. The predicted octanol–water partition coefficient (Wildman–Crippen LogP) is 6.74. The summed E-state index contributed by atoms with van der Waals surface area (Å²) in [6, 6.07) is 3.81. The summed E-state index contributed by atoms with van der Waals surface area (Å²) >= 11 is 0. The standard InChI is InChI=1S/C25H26F7N3O.ClH/c1-14-9-19(26)5-6-20(14)21-13-33-7-8-35(21)23(36)34(2)22(15-3-4-15)16-10-17(24(27,28)29)12-18(11-16)25(30,31)32;/h5-6,9-12,15,21-22,33H,3-4,7-8,13H2,1-2H3;1H. The number of alkyl halides is 6. The van der Waals surface area contributed by atoms with Gasteiger partial charge in [0, 0.05) is 26.7 Å². The van der Waals surface area contributed by atoms with Crippen molar-refractivity contribution in [2.45, 2.75) is 44.2 Å². The molecule has 0 spiro atoms. The number of carbonyl (C=O) groups is 1. The number of nitrogens with zero attached hydrogens (tertiary/aromatic N) is 2. The quantitative estimate of drug-likeness (QED) is 0.426. The van der Waals surface area contributed by atoms with Crippen LogP contribution in [0.2, 0.25) is 0 Å². The number of halogens is 8. The maximum atomic E-state index is 13.7. The van der Waals surface area contributed by atoms with Crippen molar-refractivity contribution in [1.82, 2.24) is 15.1 Å². The van der Waals surface area contributed by atoms with Crippen molar-refractivity contribution in [2.24, 2.45) is 5.92 Å². The summed E-state index contributed by atoms with van der Waals surface area (Å²) in [4.78, 5) is 16.5. The smallest absolute Gasteiger partial charge is 0.320 e. The summed E-state index contributed by atoms with van der Waals surface area (Å²) in [5.74, 6) is -0.675. The maximum absolute atomic E-state index is 13.7. The first-order chi connectivity index (χ1) is 16.8. The lowest BCUT2D eigenvalue weighted by Crippen LogP contribution is -2.53. The van der Waals surface area contributed by atoms with E-state index in [0.717, 1.165) is 0 Å². The van der Waals surface area contributed by atoms with Crippen molar-refractivity contribution in [3.63, 3.8) is 0 Å². The summed E-state index contributed by atoms with van der Waals surface area (Å²) in [7, 11) is 1.41. The van der Waals surface area contributed by atoms with Gasteiger partial charge in [-0.1, -0.05) is 6.07 Å². The summed E-state index contributed by atoms with van der Waals surface area (Å²) < 4.78 is 94.5. The Balaban J connectivity index is 0.00000380. The minimum Gasteiger partial charge on any atom is -0.320 e. The van der Waals surface area contributed by atoms with Gasteiger partial charge in [0.15, 0.2) is 0 Å². The third-order valence-corrected chi connectivity index (χ3v) is 6.82. The van der Waals surface area contributed by atoms with Crippen LogP contribution in [0.15, 0.2) is 36.4 Å². The Kier molecular flexibility index (Phi) is 8.38. The molecule has 1 N–H and O–H groups in total. The summed E-state index contributed by atoms with van der Waals surface area (Å²) in [5, 5.41) is 3.19. The number of hydrogen-bond acceptors (Lipinski definition) is 2. The van der Waals surface area contributed by atoms with Crippen molar-refractivity contribution >= 4 is 18.4 Å². The van der Waals surface area contributed by atoms with Gasteiger partial charge in [0.1, 0.15) is 5.82 Å². The van der Waals surface area contributed by atoms with E-state index in [1.165, 1.54) is 24.1 Å². The van der Waals surface area contributed by atoms with Crippen LogP contribution in [0.1, 0.15) is 52.7 Å². The average Bonchev–Trinajstić information content (AvgIpc) is 3.62. The molecule has 1 heterocycles. The van der Waals surface area contributed by atoms with Gasteiger partial charge < -0.3 is 15.1 Å². The number of hydrogen-bond donors (Lipinski definition) is 1. The molecule has 4 rings (SSSR count). The van der Waals surface area contributed by atoms with Crippen LogP contribution in [0.25, 0.3) is 0 Å². The van der Waals surface area contributed by atoms with Gasteiger partial charge >= 0.3 is 18.4 Å². The highest BCUT2D eigenvalue weighted by Gasteiger charge is 2.43. The van der Waals surface area contributed by atoms with Gasteiger partial charge in [0.25, 0.3) is 0 Å². The first-order valence-corrected chi connectivity index (χ1v) is 11.6. The molecule has 204 valence electrons. The summed E-state index contributed by atoms with van der Waals surface area (Å²) in [6.07, 6.45) is -8.78. The average molecular weight is 554 g/mol. The van der Waals surface area contributed by atoms with E-state index >= 15 is 0 Å². The van der Waals surface area contributed by atoms with E-state index < -0.39 is 47.4 Å². The Morgan fingerprint density at radius 1 is 1.03 bits per heavy atom. The van der Waals surface area contributed by atoms with Crippen LogP contribution in [0, 0.1) is 18.7 Å². The summed E-state index contributed by atoms with van der Waals surface area (Å²) in [6.45, 7) is 2.83. The fraction of sp³-hybridized carbons (Fsp3) is 0.480. The van der Waals surface area contributed by atoms with E-state index in [9.17, 15) is 35.5 Å². The number of benzene rings is 2. The SMILES string of the molecule is Cc1cc(F)ccc1C1CNCCN1C(=O)N(C)C(c1cc(C(F)(F)F)cc(C(F)(F)F)c1)C1CC1.Cl. The number of urea groups is 1. The highest BCUT2D eigenvalue weighted by atomic mass is 35.5. The topological polar surface area (TPSA) is 35.6 Å². The van der Waals surface area contributed by atoms with Gasteiger partial charge in [-0.05, 0) is 72.7 Å². The van der Waals surface area contributed by atoms with Gasteiger partial charge in [-0.2, -0.15) is 26.3 Å². The van der Waals surface area contributed by atoms with Crippen LogP contribution >= 0.6 is 12.4 Å². The van der Waals surface area contributed by atoms with Crippen molar-refractivity contribution in [3.05, 3.63) is 70.0 Å². The van der Waals surface area contributed by atoms with Crippen molar-refractivity contribution in [1.29, 1.82) is 0 Å². The number of piperazine rings is 1. The lowest BCUT2D eigenvalue weighted by molar-refractivity contribution is -0.143. The Morgan fingerprint density at radius 2 is 1.62 bits per heavy atom. The number of amides is 2. The van der Waals surface area contributed by atoms with Gasteiger partial charge in [-0.15, -0.1) is 12.4 Å². The molecule has 4 nitrogen and oxygen atoms in total. The molecule has 0 radical (unpaired) electrons. The van der Waals surface area contributed by atoms with E-state index in [1.807, 2.05) is 0 Å². The van der Waals surface area contributed by atoms with Crippen molar-refractivity contribution < 1.29 is 35.5 Å². The van der Waals surface area contributed by atoms with Crippen LogP contribution in [0.3, 0.4) is 0 Å². The lowest BCUT2D eigenvalue weighted by Gasteiger charge is -2.41. The molecule has 37 heavy (non-hydrogen) atoms. The molecule has 2 aromatic carbocycles. The monoisotopic (exact) mass is 553 g/mol. The van der Waals surface area contributed by atoms with Crippen molar-refractivity contribution in [2.75, 3.05) is 26.7 Å². The van der Waals surface area contributed by atoms with Gasteiger partial charge in [0.2, 0.25) is 0 Å². The van der Waals surface area contributed by atoms with Crippen LogP contribution in [0.5, 0.6) is 0 Å². The highest BCUT2D eigenvalue weighted by Crippen LogP contribution is 2.47. The minimum atomic E-state index is -4.98. The fourth-order valence-corrected chi connectivity index (χ4v) is 4.92. The van der Waals surface area contributed by atoms with E-state index in [0.29, 0.717) is 49.2 Å². The Bertz CT molecular complexity index is 1100. The number of carbonyl (C=O) groups excluding carboxylic acids is 1. The van der Waals surface area contributed by atoms with Crippen LogP contribution in [-0.4, -0.2) is 42.5 Å². The molecule has 0 aromatic heterocycles. The fourth-order valence-electron chi connectivity index (χ4n) is 4.92. The van der Waals surface area contributed by atoms with Crippen LogP contribution < -0.4 is 5.32 Å². The normalized spacial score (nSPS) is 19.3. The largest absolute Gasteiger partial charge is 0.416 e. The first-order valence-electron chi connectivity index (χ1n) is 11.6. The number of nitrogens with one attached hydrogen (secondary N) is 1. The maximum Gasteiger partial charge on any atom is 0.416 e. The molecule has 2 unspecified atom stereocenters. The molecule has 1 aliphatic heterocycles. The zero-order valence-corrected chi connectivity index (χ0v) is 20.9. The minimum absolute atomic E-state index is 0. The third kappa shape index (κ3) is 6.31. The van der Waals surface area contributed by atoms with Crippen molar-refractivity contribution in [3.8, 4) is 0 Å². The molecular weight excluding hydrogens is 527 g/mol. The Labute approximate surface area is 216 Å². The van der Waals surface area contributed by atoms with E-state index in [4.69, 9.17) is 0 Å². The Morgan fingerprint density at radius 3 is 2.14 bits per heavy atom. The molecule has 12 heteroatoms. The molecule has 2 atom stereocenters. The molecule has 1 saturated heterocycles. The molecule has 2 aromatic rings. The van der Waals surface area contributed by atoms with Gasteiger partial charge in [-0.25, -0.2) is 9.18 Å². The van der Waals surface area contributed by atoms with E-state index in [2.05, 4.69) is 5.32 Å². The van der Waals surface area contributed by atoms with Crippen LogP contribution in [0.4, 0.5) is 35.5 Å². The number of aryl methyl sites for hydroxylation is 1. The summed E-state index contributed by atoms with van der Waals surface area (Å²) in [5.41, 5.74) is -1.65. The van der Waals surface area contributed by atoms with Crippen LogP contribution in [-0.2, 0) is 12.4 Å². The molecule has 2 aliphatic rings. The molecular formula is C25H27ClF7N3O. The molecule has 0 bridgehead atoms. The lowest BCUT2D eigenvalue weighted by atomic mass is 9.95.